The molecule has 126 valence electrons. The first kappa shape index (κ1) is 16.5. The maximum Gasteiger partial charge on any atom is 0.243 e. The molecule has 2 unspecified atom stereocenters. The Morgan fingerprint density at radius 3 is 2.61 bits per heavy atom. The molecule has 0 radical (unpaired) electrons. The van der Waals surface area contributed by atoms with E-state index in [0.717, 1.165) is 31.2 Å². The van der Waals surface area contributed by atoms with Crippen LogP contribution in [0.3, 0.4) is 0 Å². The largest absolute Gasteiger partial charge is 0.352 e. The van der Waals surface area contributed by atoms with Gasteiger partial charge in [0, 0.05) is 25.6 Å². The second-order valence-corrected chi connectivity index (χ2v) is 8.59. The molecule has 1 heterocycles. The predicted molar refractivity (Wildman–Crippen MR) is 88.2 cm³/mol. The van der Waals surface area contributed by atoms with Crippen LogP contribution >= 0.6 is 0 Å². The van der Waals surface area contributed by atoms with Gasteiger partial charge in [-0.05, 0) is 42.9 Å². The summed E-state index contributed by atoms with van der Waals surface area (Å²) in [7, 11) is -3.42. The topological polar surface area (TPSA) is 66.5 Å². The Morgan fingerprint density at radius 2 is 1.96 bits per heavy atom. The van der Waals surface area contributed by atoms with Gasteiger partial charge in [0.25, 0.3) is 0 Å². The van der Waals surface area contributed by atoms with Crippen LogP contribution in [-0.2, 0) is 21.4 Å². The number of rotatable bonds is 5. The van der Waals surface area contributed by atoms with Gasteiger partial charge in [0.05, 0.1) is 4.90 Å². The number of carbonyl (C=O) groups is 1. The van der Waals surface area contributed by atoms with Crippen LogP contribution in [0.1, 0.15) is 38.2 Å². The fourth-order valence-electron chi connectivity index (χ4n) is 3.08. The van der Waals surface area contributed by atoms with Gasteiger partial charge in [0.1, 0.15) is 0 Å². The molecular formula is C17H24N2O3S. The van der Waals surface area contributed by atoms with E-state index >= 15 is 0 Å². The number of nitrogens with zero attached hydrogens (tertiary/aromatic N) is 1. The normalized spacial score (nSPS) is 25.1. The van der Waals surface area contributed by atoms with Crippen LogP contribution in [0.5, 0.6) is 0 Å². The summed E-state index contributed by atoms with van der Waals surface area (Å²) in [6, 6.07) is 6.92. The van der Waals surface area contributed by atoms with Gasteiger partial charge in [-0.15, -0.1) is 0 Å². The number of hydrogen-bond donors (Lipinski definition) is 1. The third kappa shape index (κ3) is 3.75. The highest BCUT2D eigenvalue weighted by molar-refractivity contribution is 7.89. The summed E-state index contributed by atoms with van der Waals surface area (Å²) in [5.74, 6) is 0.679. The summed E-state index contributed by atoms with van der Waals surface area (Å²) in [6.07, 6.45) is 3.90. The van der Waals surface area contributed by atoms with E-state index in [-0.39, 0.29) is 11.8 Å². The zero-order valence-corrected chi connectivity index (χ0v) is 14.3. The second-order valence-electron chi connectivity index (χ2n) is 6.65. The van der Waals surface area contributed by atoms with Gasteiger partial charge < -0.3 is 5.32 Å². The first-order valence-corrected chi connectivity index (χ1v) is 9.79. The smallest absolute Gasteiger partial charge is 0.243 e. The van der Waals surface area contributed by atoms with Gasteiger partial charge in [-0.3, -0.25) is 4.79 Å². The number of hydrogen-bond acceptors (Lipinski definition) is 3. The van der Waals surface area contributed by atoms with Crippen molar-refractivity contribution in [1.29, 1.82) is 0 Å². The number of carbonyl (C=O) groups excluding carboxylic acids is 1. The first-order valence-electron chi connectivity index (χ1n) is 8.35. The van der Waals surface area contributed by atoms with Crippen molar-refractivity contribution in [3.05, 3.63) is 29.8 Å². The fourth-order valence-corrected chi connectivity index (χ4v) is 4.67. The molecule has 23 heavy (non-hydrogen) atoms. The highest BCUT2D eigenvalue weighted by atomic mass is 32.2. The predicted octanol–water partition coefficient (Wildman–Crippen LogP) is 2.13. The molecule has 1 aliphatic heterocycles. The van der Waals surface area contributed by atoms with Crippen molar-refractivity contribution >= 4 is 15.9 Å². The van der Waals surface area contributed by atoms with Crippen molar-refractivity contribution in [2.75, 3.05) is 13.1 Å². The van der Waals surface area contributed by atoms with E-state index in [9.17, 15) is 13.2 Å². The SMILES string of the molecule is CC1CC1C(=O)NCc1cccc(S(=O)(=O)N2CCCCC2)c1. The van der Waals surface area contributed by atoms with Crippen LogP contribution in [-0.4, -0.2) is 31.7 Å². The van der Waals surface area contributed by atoms with Gasteiger partial charge in [0.15, 0.2) is 0 Å². The summed E-state index contributed by atoms with van der Waals surface area (Å²) in [6.45, 7) is 3.65. The molecule has 1 N–H and O–H groups in total. The Bertz CT molecular complexity index is 681. The zero-order chi connectivity index (χ0) is 16.4. The fraction of sp³-hybridized carbons (Fsp3) is 0.588. The summed E-state index contributed by atoms with van der Waals surface area (Å²) < 4.78 is 26.9. The Labute approximate surface area is 138 Å². The van der Waals surface area contributed by atoms with E-state index in [2.05, 4.69) is 12.2 Å². The molecule has 1 aliphatic carbocycles. The van der Waals surface area contributed by atoms with Crippen molar-refractivity contribution in [3.8, 4) is 0 Å². The van der Waals surface area contributed by atoms with E-state index in [1.807, 2.05) is 6.07 Å². The van der Waals surface area contributed by atoms with Crippen LogP contribution in [0.2, 0.25) is 0 Å². The minimum Gasteiger partial charge on any atom is -0.352 e. The lowest BCUT2D eigenvalue weighted by Crippen LogP contribution is -2.35. The number of nitrogens with one attached hydrogen (secondary N) is 1. The van der Waals surface area contributed by atoms with Gasteiger partial charge in [-0.2, -0.15) is 4.31 Å². The minimum atomic E-state index is -3.42. The van der Waals surface area contributed by atoms with Crippen molar-refractivity contribution in [3.63, 3.8) is 0 Å². The molecule has 1 aromatic carbocycles. The molecule has 3 rings (SSSR count). The zero-order valence-electron chi connectivity index (χ0n) is 13.5. The van der Waals surface area contributed by atoms with Gasteiger partial charge in [-0.25, -0.2) is 8.42 Å². The number of benzene rings is 1. The second kappa shape index (κ2) is 6.61. The molecule has 1 aromatic rings. The lowest BCUT2D eigenvalue weighted by Gasteiger charge is -2.26. The minimum absolute atomic E-state index is 0.0711. The Morgan fingerprint density at radius 1 is 1.26 bits per heavy atom. The molecular weight excluding hydrogens is 312 g/mol. The third-order valence-corrected chi connectivity index (χ3v) is 6.66. The average Bonchev–Trinajstić information content (AvgIpc) is 3.31. The number of sulfonamides is 1. The quantitative estimate of drug-likeness (QED) is 0.896. The van der Waals surface area contributed by atoms with E-state index in [0.29, 0.717) is 30.4 Å². The lowest BCUT2D eigenvalue weighted by molar-refractivity contribution is -0.122. The maximum atomic E-state index is 12.7. The van der Waals surface area contributed by atoms with Crippen LogP contribution in [0.25, 0.3) is 0 Å². The van der Waals surface area contributed by atoms with Crippen LogP contribution in [0, 0.1) is 11.8 Å². The summed E-state index contributed by atoms with van der Waals surface area (Å²) in [5.41, 5.74) is 0.824. The van der Waals surface area contributed by atoms with Crippen LogP contribution < -0.4 is 5.32 Å². The molecule has 0 bridgehead atoms. The van der Waals surface area contributed by atoms with Crippen molar-refractivity contribution in [1.82, 2.24) is 9.62 Å². The number of amides is 1. The molecule has 5 nitrogen and oxygen atoms in total. The van der Waals surface area contributed by atoms with Crippen LogP contribution in [0.4, 0.5) is 0 Å². The monoisotopic (exact) mass is 336 g/mol. The van der Waals surface area contributed by atoms with Gasteiger partial charge in [0.2, 0.25) is 15.9 Å². The molecule has 1 saturated heterocycles. The third-order valence-electron chi connectivity index (χ3n) is 4.76. The molecule has 2 fully saturated rings. The van der Waals surface area contributed by atoms with Gasteiger partial charge >= 0.3 is 0 Å². The molecule has 0 spiro atoms. The van der Waals surface area contributed by atoms with Crippen molar-refractivity contribution < 1.29 is 13.2 Å². The summed E-state index contributed by atoms with van der Waals surface area (Å²) in [5, 5.41) is 2.90. The van der Waals surface area contributed by atoms with Crippen molar-refractivity contribution in [2.45, 2.75) is 44.0 Å². The molecule has 1 amide bonds. The highest BCUT2D eigenvalue weighted by Crippen LogP contribution is 2.37. The summed E-state index contributed by atoms with van der Waals surface area (Å²) >= 11 is 0. The highest BCUT2D eigenvalue weighted by Gasteiger charge is 2.38. The van der Waals surface area contributed by atoms with E-state index in [1.54, 1.807) is 22.5 Å². The molecule has 0 aromatic heterocycles. The first-order chi connectivity index (χ1) is 11.0. The molecule has 2 atom stereocenters. The molecule has 1 saturated carbocycles. The van der Waals surface area contributed by atoms with E-state index in [1.165, 1.54) is 0 Å². The summed E-state index contributed by atoms with van der Waals surface area (Å²) in [4.78, 5) is 12.2. The molecule has 6 heteroatoms. The Kier molecular flexibility index (Phi) is 4.73. The van der Waals surface area contributed by atoms with Crippen molar-refractivity contribution in [2.24, 2.45) is 11.8 Å². The average molecular weight is 336 g/mol. The molecule has 2 aliphatic rings. The van der Waals surface area contributed by atoms with Gasteiger partial charge in [-0.1, -0.05) is 25.5 Å². The lowest BCUT2D eigenvalue weighted by atomic mass is 10.2. The Balaban J connectivity index is 1.67. The maximum absolute atomic E-state index is 12.7. The van der Waals surface area contributed by atoms with E-state index < -0.39 is 10.0 Å². The standard InChI is InChI=1S/C17H24N2O3S/c1-13-10-16(13)17(20)18-12-14-6-5-7-15(11-14)23(21,22)19-8-3-2-4-9-19/h5-7,11,13,16H,2-4,8-10,12H2,1H3,(H,18,20). The number of piperidine rings is 1. The Hall–Kier alpha value is -1.40. The van der Waals surface area contributed by atoms with E-state index in [4.69, 9.17) is 0 Å². The van der Waals surface area contributed by atoms with Crippen LogP contribution in [0.15, 0.2) is 29.2 Å².